The molecule has 0 aliphatic heterocycles. The van der Waals surface area contributed by atoms with Crippen molar-refractivity contribution >= 4 is 5.78 Å². The topological polar surface area (TPSA) is 57.5 Å². The van der Waals surface area contributed by atoms with Gasteiger partial charge in [-0.05, 0) is 0 Å². The van der Waals surface area contributed by atoms with Crippen LogP contribution in [0.25, 0.3) is 0 Å². The lowest BCUT2D eigenvalue weighted by atomic mass is 10.1. The molecular formula is C5H4F6O3. The van der Waals surface area contributed by atoms with E-state index in [2.05, 4.69) is 0 Å². The van der Waals surface area contributed by atoms with E-state index in [0.717, 1.165) is 0 Å². The molecule has 0 aliphatic rings. The number of aliphatic hydroxyl groups is 2. The Balaban J connectivity index is 4.65. The summed E-state index contributed by atoms with van der Waals surface area (Å²) in [6.07, 6.45) is -18.7. The maximum absolute atomic E-state index is 11.5. The minimum Gasteiger partial charge on any atom is -0.377 e. The smallest absolute Gasteiger partial charge is 0.377 e. The number of hydrogen-bond donors (Lipinski definition) is 2. The van der Waals surface area contributed by atoms with Crippen molar-refractivity contribution in [3.63, 3.8) is 0 Å². The molecule has 0 fully saturated rings. The molecule has 2 N–H and O–H groups in total. The average molecular weight is 226 g/mol. The molecule has 0 aromatic heterocycles. The van der Waals surface area contributed by atoms with E-state index in [0.29, 0.717) is 0 Å². The summed E-state index contributed by atoms with van der Waals surface area (Å²) >= 11 is 0. The number of hydrogen-bond acceptors (Lipinski definition) is 3. The molecule has 2 unspecified atom stereocenters. The van der Waals surface area contributed by atoms with Crippen molar-refractivity contribution in [2.45, 2.75) is 24.6 Å². The van der Waals surface area contributed by atoms with Crippen molar-refractivity contribution in [1.29, 1.82) is 0 Å². The standard InChI is InChI=1S/C5H4F6O3/c6-4(7,8)2(13)1(12)3(14)5(9,10)11/h2-3,13-14H. The molecule has 0 rings (SSSR count). The molecule has 14 heavy (non-hydrogen) atoms. The Hall–Kier alpha value is -0.830. The number of carbonyl (C=O) groups excluding carboxylic acids is 1. The maximum Gasteiger partial charge on any atom is 0.421 e. The van der Waals surface area contributed by atoms with Gasteiger partial charge < -0.3 is 10.2 Å². The van der Waals surface area contributed by atoms with E-state index in [1.165, 1.54) is 0 Å². The molecule has 0 aliphatic carbocycles. The van der Waals surface area contributed by atoms with Crippen molar-refractivity contribution in [2.75, 3.05) is 0 Å². The number of carbonyl (C=O) groups is 1. The highest BCUT2D eigenvalue weighted by Gasteiger charge is 2.52. The summed E-state index contributed by atoms with van der Waals surface area (Å²) in [6.45, 7) is 0. The molecule has 0 heterocycles. The van der Waals surface area contributed by atoms with Gasteiger partial charge in [-0.15, -0.1) is 0 Å². The fourth-order valence-electron chi connectivity index (χ4n) is 0.472. The van der Waals surface area contributed by atoms with E-state index < -0.39 is 30.3 Å². The third kappa shape index (κ3) is 3.14. The summed E-state index contributed by atoms with van der Waals surface area (Å²) in [6, 6.07) is 0. The van der Waals surface area contributed by atoms with E-state index in [4.69, 9.17) is 10.2 Å². The lowest BCUT2D eigenvalue weighted by molar-refractivity contribution is -0.231. The normalized spacial score (nSPS) is 17.7. The van der Waals surface area contributed by atoms with E-state index in [-0.39, 0.29) is 0 Å². The Morgan fingerprint density at radius 1 is 0.857 bits per heavy atom. The quantitative estimate of drug-likeness (QED) is 0.670. The van der Waals surface area contributed by atoms with Crippen LogP contribution in [0.3, 0.4) is 0 Å². The second-order valence-corrected chi connectivity index (χ2v) is 2.29. The van der Waals surface area contributed by atoms with Gasteiger partial charge in [-0.25, -0.2) is 0 Å². The largest absolute Gasteiger partial charge is 0.421 e. The fraction of sp³-hybridized carbons (Fsp3) is 0.800. The van der Waals surface area contributed by atoms with Crippen molar-refractivity contribution in [3.05, 3.63) is 0 Å². The lowest BCUT2D eigenvalue weighted by Gasteiger charge is -2.18. The van der Waals surface area contributed by atoms with Crippen LogP contribution >= 0.6 is 0 Å². The predicted octanol–water partition coefficient (Wildman–Crippen LogP) is 0.402. The fourth-order valence-corrected chi connectivity index (χ4v) is 0.472. The van der Waals surface area contributed by atoms with Gasteiger partial charge in [-0.2, -0.15) is 26.3 Å². The molecule has 0 bridgehead atoms. The summed E-state index contributed by atoms with van der Waals surface area (Å²) in [4.78, 5) is 10.2. The number of Topliss-reactive ketones (excluding diaryl/α,β-unsaturated/α-hetero) is 1. The van der Waals surface area contributed by atoms with Gasteiger partial charge in [0.2, 0.25) is 18.0 Å². The minimum atomic E-state index is -5.52. The zero-order valence-corrected chi connectivity index (χ0v) is 6.23. The third-order valence-corrected chi connectivity index (χ3v) is 1.16. The first-order valence-electron chi connectivity index (χ1n) is 3.01. The van der Waals surface area contributed by atoms with Gasteiger partial charge in [0.05, 0.1) is 0 Å². The van der Waals surface area contributed by atoms with Gasteiger partial charge in [-0.3, -0.25) is 4.79 Å². The summed E-state index contributed by atoms with van der Waals surface area (Å²) in [5.74, 6) is -2.75. The zero-order chi connectivity index (χ0) is 11.7. The first-order chi connectivity index (χ1) is 5.98. The second-order valence-electron chi connectivity index (χ2n) is 2.29. The monoisotopic (exact) mass is 226 g/mol. The number of ketones is 1. The summed E-state index contributed by atoms with van der Waals surface area (Å²) in [7, 11) is 0. The molecule has 2 atom stereocenters. The first kappa shape index (κ1) is 13.2. The first-order valence-corrected chi connectivity index (χ1v) is 3.01. The SMILES string of the molecule is O=C(C(O)C(F)(F)F)C(O)C(F)(F)F. The summed E-state index contributed by atoms with van der Waals surface area (Å²) in [5, 5.41) is 16.1. The van der Waals surface area contributed by atoms with Crippen LogP contribution in [-0.4, -0.2) is 40.6 Å². The Kier molecular flexibility index (Phi) is 3.51. The molecule has 0 saturated carbocycles. The van der Waals surface area contributed by atoms with E-state index in [1.54, 1.807) is 0 Å². The number of alkyl halides is 6. The minimum absolute atomic E-state index is 2.75. The average Bonchev–Trinajstić information content (AvgIpc) is 1.97. The number of rotatable bonds is 2. The Morgan fingerprint density at radius 3 is 1.21 bits per heavy atom. The highest BCUT2D eigenvalue weighted by Crippen LogP contribution is 2.27. The van der Waals surface area contributed by atoms with Gasteiger partial charge in [-0.1, -0.05) is 0 Å². The van der Waals surface area contributed by atoms with Crippen LogP contribution in [0.5, 0.6) is 0 Å². The predicted molar refractivity (Wildman–Crippen MR) is 29.1 cm³/mol. The van der Waals surface area contributed by atoms with E-state index in [1.807, 2.05) is 0 Å². The molecular weight excluding hydrogens is 222 g/mol. The zero-order valence-electron chi connectivity index (χ0n) is 6.23. The highest BCUT2D eigenvalue weighted by atomic mass is 19.4. The lowest BCUT2D eigenvalue weighted by Crippen LogP contribution is -2.48. The van der Waals surface area contributed by atoms with Crippen LogP contribution in [0, 0.1) is 0 Å². The highest BCUT2D eigenvalue weighted by molar-refractivity contribution is 5.88. The molecule has 0 saturated heterocycles. The molecule has 0 radical (unpaired) electrons. The molecule has 84 valence electrons. The van der Waals surface area contributed by atoms with Gasteiger partial charge >= 0.3 is 12.4 Å². The second kappa shape index (κ2) is 3.73. The van der Waals surface area contributed by atoms with E-state index in [9.17, 15) is 31.1 Å². The Morgan fingerprint density at radius 2 is 1.07 bits per heavy atom. The number of halogens is 6. The molecule has 0 amide bonds. The van der Waals surface area contributed by atoms with Crippen molar-refractivity contribution in [1.82, 2.24) is 0 Å². The van der Waals surface area contributed by atoms with E-state index >= 15 is 0 Å². The van der Waals surface area contributed by atoms with Gasteiger partial charge in [0.1, 0.15) is 0 Å². The maximum atomic E-state index is 11.5. The summed E-state index contributed by atoms with van der Waals surface area (Å²) < 4.78 is 69.0. The van der Waals surface area contributed by atoms with Crippen molar-refractivity contribution in [3.8, 4) is 0 Å². The van der Waals surface area contributed by atoms with Gasteiger partial charge in [0.25, 0.3) is 0 Å². The molecule has 3 nitrogen and oxygen atoms in total. The van der Waals surface area contributed by atoms with Gasteiger partial charge in [0, 0.05) is 0 Å². The van der Waals surface area contributed by atoms with Crippen molar-refractivity contribution < 1.29 is 41.4 Å². The Bertz CT molecular complexity index is 196. The molecule has 0 aromatic rings. The number of aliphatic hydroxyl groups excluding tert-OH is 2. The van der Waals surface area contributed by atoms with Crippen LogP contribution in [0.2, 0.25) is 0 Å². The van der Waals surface area contributed by atoms with Crippen LogP contribution < -0.4 is 0 Å². The van der Waals surface area contributed by atoms with Crippen LogP contribution in [0.1, 0.15) is 0 Å². The molecule has 9 heteroatoms. The van der Waals surface area contributed by atoms with Crippen LogP contribution in [-0.2, 0) is 4.79 Å². The molecule has 0 aromatic carbocycles. The van der Waals surface area contributed by atoms with Crippen LogP contribution in [0.4, 0.5) is 26.3 Å². The van der Waals surface area contributed by atoms with Gasteiger partial charge in [0.15, 0.2) is 0 Å². The van der Waals surface area contributed by atoms with Crippen molar-refractivity contribution in [2.24, 2.45) is 0 Å². The molecule has 0 spiro atoms. The Labute approximate surface area is 72.9 Å². The summed E-state index contributed by atoms with van der Waals surface area (Å²) in [5.41, 5.74) is 0. The third-order valence-electron chi connectivity index (χ3n) is 1.16. The van der Waals surface area contributed by atoms with Crippen LogP contribution in [0.15, 0.2) is 0 Å².